The van der Waals surface area contributed by atoms with Gasteiger partial charge in [-0.2, -0.15) is 0 Å². The van der Waals surface area contributed by atoms with Crippen molar-refractivity contribution >= 4 is 5.78 Å². The number of Topliss-reactive ketones (excluding diaryl/α,β-unsaturated/α-hetero) is 1. The normalized spacial score (nSPS) is 10.4. The SMILES string of the molecule is COCc1ccc(O)c(C(=O)Cc2ccccc2)c1. The van der Waals surface area contributed by atoms with Crippen molar-refractivity contribution in [1.82, 2.24) is 0 Å². The zero-order chi connectivity index (χ0) is 13.7. The smallest absolute Gasteiger partial charge is 0.170 e. The summed E-state index contributed by atoms with van der Waals surface area (Å²) in [5.74, 6) is -0.0811. The largest absolute Gasteiger partial charge is 0.507 e. The Morgan fingerprint density at radius 2 is 1.84 bits per heavy atom. The Morgan fingerprint density at radius 1 is 1.11 bits per heavy atom. The van der Waals surface area contributed by atoms with Crippen molar-refractivity contribution in [2.24, 2.45) is 0 Å². The lowest BCUT2D eigenvalue weighted by atomic mass is 10.0. The second-order valence-electron chi connectivity index (χ2n) is 4.37. The number of phenols is 1. The number of methoxy groups -OCH3 is 1. The Bertz CT molecular complexity index is 561. The van der Waals surface area contributed by atoms with E-state index in [9.17, 15) is 9.90 Å². The molecule has 0 spiro atoms. The van der Waals surface area contributed by atoms with Crippen molar-refractivity contribution in [1.29, 1.82) is 0 Å². The van der Waals surface area contributed by atoms with Crippen molar-refractivity contribution in [3.05, 3.63) is 65.2 Å². The molecule has 0 aliphatic carbocycles. The van der Waals surface area contributed by atoms with Gasteiger partial charge in [-0.25, -0.2) is 0 Å². The number of benzene rings is 2. The van der Waals surface area contributed by atoms with Crippen molar-refractivity contribution in [2.45, 2.75) is 13.0 Å². The maximum absolute atomic E-state index is 12.2. The van der Waals surface area contributed by atoms with Crippen LogP contribution in [0.15, 0.2) is 48.5 Å². The van der Waals surface area contributed by atoms with Crippen LogP contribution >= 0.6 is 0 Å². The first-order valence-corrected chi connectivity index (χ1v) is 6.08. The highest BCUT2D eigenvalue weighted by molar-refractivity contribution is 6.00. The van der Waals surface area contributed by atoms with Crippen LogP contribution in [-0.2, 0) is 17.8 Å². The molecule has 0 fully saturated rings. The number of hydrogen-bond donors (Lipinski definition) is 1. The first-order chi connectivity index (χ1) is 9.20. The molecule has 0 saturated heterocycles. The Hall–Kier alpha value is -2.13. The summed E-state index contributed by atoms with van der Waals surface area (Å²) in [5.41, 5.74) is 2.15. The van der Waals surface area contributed by atoms with E-state index in [1.54, 1.807) is 19.2 Å². The minimum absolute atomic E-state index is 0.0146. The van der Waals surface area contributed by atoms with E-state index in [0.717, 1.165) is 11.1 Å². The van der Waals surface area contributed by atoms with Gasteiger partial charge in [0.05, 0.1) is 12.2 Å². The van der Waals surface area contributed by atoms with E-state index in [4.69, 9.17) is 4.74 Å². The third-order valence-corrected chi connectivity index (χ3v) is 2.88. The van der Waals surface area contributed by atoms with Gasteiger partial charge >= 0.3 is 0 Å². The van der Waals surface area contributed by atoms with Gasteiger partial charge in [0.15, 0.2) is 5.78 Å². The molecular weight excluding hydrogens is 240 g/mol. The molecule has 0 aliphatic rings. The third-order valence-electron chi connectivity index (χ3n) is 2.88. The Labute approximate surface area is 112 Å². The van der Waals surface area contributed by atoms with Gasteiger partial charge in [-0.3, -0.25) is 4.79 Å². The molecule has 0 amide bonds. The van der Waals surface area contributed by atoms with Crippen molar-refractivity contribution in [2.75, 3.05) is 7.11 Å². The van der Waals surface area contributed by atoms with Crippen LogP contribution in [0, 0.1) is 0 Å². The Balaban J connectivity index is 2.21. The minimum Gasteiger partial charge on any atom is -0.507 e. The lowest BCUT2D eigenvalue weighted by molar-refractivity contribution is 0.0990. The molecule has 0 aliphatic heterocycles. The van der Waals surface area contributed by atoms with E-state index >= 15 is 0 Å². The lowest BCUT2D eigenvalue weighted by Gasteiger charge is -2.07. The lowest BCUT2D eigenvalue weighted by Crippen LogP contribution is -2.05. The van der Waals surface area contributed by atoms with Crippen molar-refractivity contribution < 1.29 is 14.6 Å². The van der Waals surface area contributed by atoms with Gasteiger partial charge in [0, 0.05) is 13.5 Å². The molecule has 0 atom stereocenters. The molecule has 0 radical (unpaired) electrons. The fraction of sp³-hybridized carbons (Fsp3) is 0.188. The quantitative estimate of drug-likeness (QED) is 0.837. The predicted molar refractivity (Wildman–Crippen MR) is 73.3 cm³/mol. The van der Waals surface area contributed by atoms with Gasteiger partial charge in [-0.1, -0.05) is 36.4 Å². The zero-order valence-electron chi connectivity index (χ0n) is 10.8. The molecular formula is C16H16O3. The molecule has 19 heavy (non-hydrogen) atoms. The van der Waals surface area contributed by atoms with E-state index in [-0.39, 0.29) is 18.0 Å². The van der Waals surface area contributed by atoms with Crippen LogP contribution in [-0.4, -0.2) is 18.0 Å². The van der Waals surface area contributed by atoms with Gasteiger partial charge in [-0.15, -0.1) is 0 Å². The predicted octanol–water partition coefficient (Wildman–Crippen LogP) is 2.96. The molecule has 2 rings (SSSR count). The number of ether oxygens (including phenoxy) is 1. The van der Waals surface area contributed by atoms with E-state index in [1.807, 2.05) is 30.3 Å². The van der Waals surface area contributed by atoms with E-state index < -0.39 is 0 Å². The minimum atomic E-state index is -0.0957. The number of ketones is 1. The van der Waals surface area contributed by atoms with Gasteiger partial charge in [0.1, 0.15) is 5.75 Å². The van der Waals surface area contributed by atoms with Crippen LogP contribution in [0.4, 0.5) is 0 Å². The summed E-state index contributed by atoms with van der Waals surface area (Å²) < 4.78 is 5.03. The maximum atomic E-state index is 12.2. The number of phenolic OH excluding ortho intramolecular Hbond substituents is 1. The highest BCUT2D eigenvalue weighted by atomic mass is 16.5. The summed E-state index contributed by atoms with van der Waals surface area (Å²) in [6, 6.07) is 14.5. The molecule has 0 aromatic heterocycles. The van der Waals surface area contributed by atoms with Crippen LogP contribution in [0.2, 0.25) is 0 Å². The fourth-order valence-corrected chi connectivity index (χ4v) is 1.94. The van der Waals surface area contributed by atoms with E-state index in [0.29, 0.717) is 12.2 Å². The van der Waals surface area contributed by atoms with E-state index in [1.165, 1.54) is 6.07 Å². The van der Waals surface area contributed by atoms with Crippen LogP contribution < -0.4 is 0 Å². The van der Waals surface area contributed by atoms with Crippen LogP contribution in [0.3, 0.4) is 0 Å². The molecule has 0 heterocycles. The molecule has 3 nitrogen and oxygen atoms in total. The topological polar surface area (TPSA) is 46.5 Å². The summed E-state index contributed by atoms with van der Waals surface area (Å²) >= 11 is 0. The highest BCUT2D eigenvalue weighted by Crippen LogP contribution is 2.21. The monoisotopic (exact) mass is 256 g/mol. The van der Waals surface area contributed by atoms with Crippen LogP contribution in [0.1, 0.15) is 21.5 Å². The average Bonchev–Trinajstić information content (AvgIpc) is 2.42. The molecule has 98 valence electrons. The molecule has 2 aromatic rings. The summed E-state index contributed by atoms with van der Waals surface area (Å²) in [6.07, 6.45) is 0.283. The summed E-state index contributed by atoms with van der Waals surface area (Å²) in [4.78, 5) is 12.2. The number of rotatable bonds is 5. The molecule has 2 aromatic carbocycles. The summed E-state index contributed by atoms with van der Waals surface area (Å²) in [6.45, 7) is 0.423. The van der Waals surface area contributed by atoms with Gasteiger partial charge in [-0.05, 0) is 23.3 Å². The molecule has 0 unspecified atom stereocenters. The molecule has 1 N–H and O–H groups in total. The maximum Gasteiger partial charge on any atom is 0.170 e. The van der Waals surface area contributed by atoms with Gasteiger partial charge in [0.25, 0.3) is 0 Å². The number of aromatic hydroxyl groups is 1. The average molecular weight is 256 g/mol. The number of carbonyl (C=O) groups is 1. The second-order valence-corrected chi connectivity index (χ2v) is 4.37. The van der Waals surface area contributed by atoms with Gasteiger partial charge < -0.3 is 9.84 Å². The second kappa shape index (κ2) is 6.16. The third kappa shape index (κ3) is 3.42. The summed E-state index contributed by atoms with van der Waals surface area (Å²) in [7, 11) is 1.60. The van der Waals surface area contributed by atoms with E-state index in [2.05, 4.69) is 0 Å². The standard InChI is InChI=1S/C16H16O3/c1-19-11-13-7-8-15(17)14(9-13)16(18)10-12-5-3-2-4-6-12/h2-9,17H,10-11H2,1H3. The number of carbonyl (C=O) groups excluding carboxylic acids is 1. The molecule has 3 heteroatoms. The first kappa shape index (κ1) is 13.3. The van der Waals surface area contributed by atoms with Crippen molar-refractivity contribution in [3.63, 3.8) is 0 Å². The summed E-state index contributed by atoms with van der Waals surface area (Å²) in [5, 5.41) is 9.79. The van der Waals surface area contributed by atoms with Gasteiger partial charge in [0.2, 0.25) is 0 Å². The molecule has 0 bridgehead atoms. The Morgan fingerprint density at radius 3 is 2.53 bits per heavy atom. The molecule has 0 saturated carbocycles. The zero-order valence-corrected chi connectivity index (χ0v) is 10.8. The van der Waals surface area contributed by atoms with Crippen LogP contribution in [0.25, 0.3) is 0 Å². The fourth-order valence-electron chi connectivity index (χ4n) is 1.94. The Kier molecular flexibility index (Phi) is 4.31. The number of hydrogen-bond acceptors (Lipinski definition) is 3. The van der Waals surface area contributed by atoms with Crippen LogP contribution in [0.5, 0.6) is 5.75 Å². The highest BCUT2D eigenvalue weighted by Gasteiger charge is 2.12. The first-order valence-electron chi connectivity index (χ1n) is 6.08. The van der Waals surface area contributed by atoms with Crippen molar-refractivity contribution in [3.8, 4) is 5.75 Å².